The fraction of sp³-hybridized carbons (Fsp3) is 0.750. The number of aliphatic hydroxyl groups is 1. The van der Waals surface area contributed by atoms with Crippen LogP contribution in [-0.4, -0.2) is 29.7 Å². The van der Waals surface area contributed by atoms with Gasteiger partial charge in [-0.2, -0.15) is 0 Å². The molecule has 0 spiro atoms. The molecule has 1 rings (SSSR count). The quantitative estimate of drug-likeness (QED) is 0.385. The Labute approximate surface area is 58.8 Å². The van der Waals surface area contributed by atoms with E-state index in [0.717, 1.165) is 0 Å². The number of halogens is 1. The van der Waals surface area contributed by atoms with E-state index in [4.69, 9.17) is 10.8 Å². The van der Waals surface area contributed by atoms with Crippen LogP contribution in [0, 0.1) is 0 Å². The lowest BCUT2D eigenvalue weighted by Gasteiger charge is -2.00. The zero-order valence-electron chi connectivity index (χ0n) is 4.70. The Morgan fingerprint density at radius 2 is 2.33 bits per heavy atom. The van der Waals surface area contributed by atoms with E-state index in [0.29, 0.717) is 6.54 Å². The van der Waals surface area contributed by atoms with Gasteiger partial charge >= 0.3 is 0 Å². The minimum Gasteiger partial charge on any atom is -0.389 e. The summed E-state index contributed by atoms with van der Waals surface area (Å²) in [6.07, 6.45) is -0.692. The largest absolute Gasteiger partial charge is 0.389 e. The maximum atomic E-state index is 10.4. The average Bonchev–Trinajstić information content (AvgIpc) is 1.98. The van der Waals surface area contributed by atoms with Gasteiger partial charge in [-0.3, -0.25) is 4.79 Å². The molecule has 4 N–H and O–H groups in total. The maximum Gasteiger partial charge on any atom is 0.239 e. The first kappa shape index (κ1) is 8.68. The molecule has 5 heteroatoms. The van der Waals surface area contributed by atoms with Crippen molar-refractivity contribution >= 4 is 18.3 Å². The number of carbonyl (C=O) groups excluding carboxylic acids is 1. The summed E-state index contributed by atoms with van der Waals surface area (Å²) in [7, 11) is 0. The number of nitrogens with two attached hydrogens (primary N) is 1. The number of carbonyl (C=O) groups is 1. The molecule has 9 heavy (non-hydrogen) atoms. The van der Waals surface area contributed by atoms with Gasteiger partial charge in [-0.15, -0.1) is 12.4 Å². The van der Waals surface area contributed by atoms with Crippen molar-refractivity contribution in [1.82, 2.24) is 5.32 Å². The number of hydrogen-bond donors (Lipinski definition) is 3. The van der Waals surface area contributed by atoms with Gasteiger partial charge in [0.05, 0.1) is 6.10 Å². The molecule has 0 aromatic heterocycles. The first-order valence-corrected chi connectivity index (χ1v) is 2.43. The second-order valence-electron chi connectivity index (χ2n) is 1.84. The summed E-state index contributed by atoms with van der Waals surface area (Å²) in [5.41, 5.74) is 5.16. The van der Waals surface area contributed by atoms with Gasteiger partial charge in [0.15, 0.2) is 0 Å². The zero-order chi connectivity index (χ0) is 6.15. The Kier molecular flexibility index (Phi) is 2.90. The van der Waals surface area contributed by atoms with E-state index in [1.54, 1.807) is 0 Å². The SMILES string of the molecule is Cl.NC1C(=O)NC[C@@H]1O. The van der Waals surface area contributed by atoms with Crippen molar-refractivity contribution < 1.29 is 9.90 Å². The molecule has 1 saturated heterocycles. The Morgan fingerprint density at radius 3 is 2.44 bits per heavy atom. The summed E-state index contributed by atoms with van der Waals surface area (Å²) >= 11 is 0. The van der Waals surface area contributed by atoms with Crippen molar-refractivity contribution in [3.63, 3.8) is 0 Å². The molecule has 54 valence electrons. The average molecular weight is 153 g/mol. The standard InChI is InChI=1S/C4H8N2O2.ClH/c5-3-2(7)1-6-4(3)8;/h2-3,7H,1,5H2,(H,6,8);1H/t2-,3?;/m0./s1. The Balaban J connectivity index is 0.000000640. The topological polar surface area (TPSA) is 75.4 Å². The van der Waals surface area contributed by atoms with E-state index in [2.05, 4.69) is 5.32 Å². The van der Waals surface area contributed by atoms with Crippen LogP contribution in [0.25, 0.3) is 0 Å². The smallest absolute Gasteiger partial charge is 0.239 e. The first-order valence-electron chi connectivity index (χ1n) is 2.43. The molecular formula is C4H9ClN2O2. The number of aliphatic hydroxyl groups excluding tert-OH is 1. The third-order valence-electron chi connectivity index (χ3n) is 1.20. The molecule has 4 nitrogen and oxygen atoms in total. The second-order valence-corrected chi connectivity index (χ2v) is 1.84. The summed E-state index contributed by atoms with van der Waals surface area (Å²) in [5.74, 6) is -0.266. The van der Waals surface area contributed by atoms with Crippen LogP contribution < -0.4 is 11.1 Å². The molecule has 1 unspecified atom stereocenters. The molecule has 0 aliphatic carbocycles. The van der Waals surface area contributed by atoms with E-state index in [1.807, 2.05) is 0 Å². The van der Waals surface area contributed by atoms with Crippen LogP contribution in [0.15, 0.2) is 0 Å². The molecule has 0 radical (unpaired) electrons. The second kappa shape index (κ2) is 3.00. The van der Waals surface area contributed by atoms with Gasteiger partial charge in [-0.25, -0.2) is 0 Å². The minimum absolute atomic E-state index is 0. The first-order chi connectivity index (χ1) is 3.72. The molecule has 2 atom stereocenters. The molecule has 1 heterocycles. The molecular weight excluding hydrogens is 144 g/mol. The number of rotatable bonds is 0. The lowest BCUT2D eigenvalue weighted by Crippen LogP contribution is -2.36. The van der Waals surface area contributed by atoms with E-state index >= 15 is 0 Å². The molecule has 1 fully saturated rings. The summed E-state index contributed by atoms with van der Waals surface area (Å²) in [4.78, 5) is 10.4. The van der Waals surface area contributed by atoms with Crippen molar-refractivity contribution in [2.24, 2.45) is 5.73 Å². The van der Waals surface area contributed by atoms with Gasteiger partial charge in [0.25, 0.3) is 0 Å². The third-order valence-corrected chi connectivity index (χ3v) is 1.20. The van der Waals surface area contributed by atoms with Crippen molar-refractivity contribution in [1.29, 1.82) is 0 Å². The van der Waals surface area contributed by atoms with Crippen molar-refractivity contribution in [3.05, 3.63) is 0 Å². The Hall–Kier alpha value is -0.320. The molecule has 0 aromatic rings. The highest BCUT2D eigenvalue weighted by atomic mass is 35.5. The van der Waals surface area contributed by atoms with Gasteiger partial charge < -0.3 is 16.2 Å². The van der Waals surface area contributed by atoms with Crippen LogP contribution in [0.2, 0.25) is 0 Å². The van der Waals surface area contributed by atoms with Gasteiger partial charge in [0.2, 0.25) is 5.91 Å². The normalized spacial score (nSPS) is 33.3. The van der Waals surface area contributed by atoms with Crippen molar-refractivity contribution in [2.75, 3.05) is 6.54 Å². The van der Waals surface area contributed by atoms with E-state index in [9.17, 15) is 4.79 Å². The molecule has 0 saturated carbocycles. The van der Waals surface area contributed by atoms with Gasteiger partial charge in [-0.05, 0) is 0 Å². The summed E-state index contributed by atoms with van der Waals surface area (Å²) in [6, 6.07) is -0.713. The molecule has 1 aliphatic heterocycles. The zero-order valence-corrected chi connectivity index (χ0v) is 5.52. The van der Waals surface area contributed by atoms with Crippen molar-refractivity contribution in [3.8, 4) is 0 Å². The molecule has 1 amide bonds. The predicted octanol–water partition coefficient (Wildman–Crippen LogP) is -1.77. The lowest BCUT2D eigenvalue weighted by atomic mass is 10.2. The van der Waals surface area contributed by atoms with E-state index in [-0.39, 0.29) is 18.3 Å². The number of nitrogens with one attached hydrogen (secondary N) is 1. The lowest BCUT2D eigenvalue weighted by molar-refractivity contribution is -0.120. The maximum absolute atomic E-state index is 10.4. The van der Waals surface area contributed by atoms with Crippen LogP contribution in [-0.2, 0) is 4.79 Å². The van der Waals surface area contributed by atoms with Gasteiger partial charge in [-0.1, -0.05) is 0 Å². The number of hydrogen-bond acceptors (Lipinski definition) is 3. The molecule has 1 aliphatic rings. The van der Waals surface area contributed by atoms with E-state index < -0.39 is 12.1 Å². The fourth-order valence-electron chi connectivity index (χ4n) is 0.625. The third kappa shape index (κ3) is 1.54. The fourth-order valence-corrected chi connectivity index (χ4v) is 0.625. The van der Waals surface area contributed by atoms with Crippen LogP contribution in [0.4, 0.5) is 0 Å². The monoisotopic (exact) mass is 152 g/mol. The predicted molar refractivity (Wildman–Crippen MR) is 34.2 cm³/mol. The Morgan fingerprint density at radius 1 is 1.78 bits per heavy atom. The number of amides is 1. The summed E-state index contributed by atoms with van der Waals surface area (Å²) in [6.45, 7) is 0.292. The van der Waals surface area contributed by atoms with Gasteiger partial charge in [0, 0.05) is 6.54 Å². The highest BCUT2D eigenvalue weighted by Crippen LogP contribution is 1.95. The minimum atomic E-state index is -0.713. The van der Waals surface area contributed by atoms with Crippen molar-refractivity contribution in [2.45, 2.75) is 12.1 Å². The highest BCUT2D eigenvalue weighted by molar-refractivity contribution is 5.85. The highest BCUT2D eigenvalue weighted by Gasteiger charge is 2.28. The van der Waals surface area contributed by atoms with Crippen LogP contribution in [0.3, 0.4) is 0 Å². The summed E-state index contributed by atoms with van der Waals surface area (Å²) < 4.78 is 0. The van der Waals surface area contributed by atoms with Crippen LogP contribution in [0.1, 0.15) is 0 Å². The number of β-amino-alcohol motifs (C(OH)–C–C–N with tert-alkyl or cyclic N) is 1. The molecule has 0 aromatic carbocycles. The summed E-state index contributed by atoms with van der Waals surface area (Å²) in [5, 5.41) is 11.2. The van der Waals surface area contributed by atoms with Crippen LogP contribution >= 0.6 is 12.4 Å². The van der Waals surface area contributed by atoms with Gasteiger partial charge in [0.1, 0.15) is 6.04 Å². The van der Waals surface area contributed by atoms with E-state index in [1.165, 1.54) is 0 Å². The Bertz CT molecular complexity index is 119. The van der Waals surface area contributed by atoms with Crippen LogP contribution in [0.5, 0.6) is 0 Å². The molecule has 0 bridgehead atoms.